The average Bonchev–Trinajstić information content (AvgIpc) is 2.96. The Morgan fingerprint density at radius 1 is 1.32 bits per heavy atom. The minimum Gasteiger partial charge on any atom is -0.311 e. The molecule has 4 heterocycles. The first-order valence-electron chi connectivity index (χ1n) is 7.98. The summed E-state index contributed by atoms with van der Waals surface area (Å²) in [4.78, 5) is 23.7. The van der Waals surface area contributed by atoms with Crippen LogP contribution < -0.4 is 5.56 Å². The number of fused-ring (bicyclic) bond motifs is 3. The molecule has 2 bridgehead atoms. The van der Waals surface area contributed by atoms with Crippen molar-refractivity contribution < 1.29 is 0 Å². The monoisotopic (exact) mass is 315 g/mol. The van der Waals surface area contributed by atoms with E-state index in [1.54, 1.807) is 0 Å². The maximum absolute atomic E-state index is 12.3. The molecule has 5 heteroatoms. The molecule has 0 unspecified atom stereocenters. The fourth-order valence-electron chi connectivity index (χ4n) is 4.01. The van der Waals surface area contributed by atoms with Crippen LogP contribution in [0.5, 0.6) is 0 Å². The molecule has 2 aromatic heterocycles. The van der Waals surface area contributed by atoms with Gasteiger partial charge in [0.05, 0.1) is 5.69 Å². The minimum atomic E-state index is 0.0707. The molecule has 22 heavy (non-hydrogen) atoms. The van der Waals surface area contributed by atoms with Crippen molar-refractivity contribution in [3.63, 3.8) is 0 Å². The highest BCUT2D eigenvalue weighted by Crippen LogP contribution is 2.34. The van der Waals surface area contributed by atoms with Crippen LogP contribution in [-0.2, 0) is 19.4 Å². The number of aromatic nitrogens is 2. The Morgan fingerprint density at radius 2 is 2.09 bits per heavy atom. The molecule has 4 rings (SSSR count). The summed E-state index contributed by atoms with van der Waals surface area (Å²) in [6, 6.07) is 3.30. The van der Waals surface area contributed by atoms with Crippen LogP contribution in [0, 0.1) is 13.8 Å². The third-order valence-corrected chi connectivity index (χ3v) is 5.92. The highest BCUT2D eigenvalue weighted by Gasteiger charge is 2.38. The SMILES string of the molecule is Cc1nc2c(c(=O)[nH]1)C[C@H]1CC[C@H](C2)N1Cc1csc(C)c1. The Labute approximate surface area is 134 Å². The number of aromatic amines is 1. The summed E-state index contributed by atoms with van der Waals surface area (Å²) < 4.78 is 0. The van der Waals surface area contributed by atoms with Gasteiger partial charge >= 0.3 is 0 Å². The van der Waals surface area contributed by atoms with Gasteiger partial charge in [-0.1, -0.05) is 0 Å². The van der Waals surface area contributed by atoms with E-state index in [1.165, 1.54) is 23.3 Å². The summed E-state index contributed by atoms with van der Waals surface area (Å²) >= 11 is 1.82. The topological polar surface area (TPSA) is 49.0 Å². The number of rotatable bonds is 2. The van der Waals surface area contributed by atoms with Crippen LogP contribution in [0.3, 0.4) is 0 Å². The van der Waals surface area contributed by atoms with Crippen LogP contribution in [-0.4, -0.2) is 27.0 Å². The van der Waals surface area contributed by atoms with E-state index >= 15 is 0 Å². The van der Waals surface area contributed by atoms with Crippen molar-refractivity contribution in [2.75, 3.05) is 0 Å². The van der Waals surface area contributed by atoms with Crippen LogP contribution in [0.4, 0.5) is 0 Å². The lowest BCUT2D eigenvalue weighted by atomic mass is 9.98. The second-order valence-electron chi connectivity index (χ2n) is 6.61. The Kier molecular flexibility index (Phi) is 3.42. The van der Waals surface area contributed by atoms with Gasteiger partial charge in [0.15, 0.2) is 0 Å². The lowest BCUT2D eigenvalue weighted by Gasteiger charge is -2.27. The molecule has 0 saturated carbocycles. The van der Waals surface area contributed by atoms with E-state index in [-0.39, 0.29) is 5.56 Å². The third kappa shape index (κ3) is 2.42. The largest absolute Gasteiger partial charge is 0.311 e. The van der Waals surface area contributed by atoms with Crippen LogP contribution in [0.1, 0.15) is 40.4 Å². The molecule has 0 aromatic carbocycles. The van der Waals surface area contributed by atoms with E-state index in [2.05, 4.69) is 33.2 Å². The van der Waals surface area contributed by atoms with E-state index in [0.29, 0.717) is 12.1 Å². The van der Waals surface area contributed by atoms with Gasteiger partial charge in [-0.3, -0.25) is 9.69 Å². The first-order valence-corrected chi connectivity index (χ1v) is 8.86. The fraction of sp³-hybridized carbons (Fsp3) is 0.529. The molecule has 1 saturated heterocycles. The molecular weight excluding hydrogens is 294 g/mol. The van der Waals surface area contributed by atoms with Crippen LogP contribution in [0.25, 0.3) is 0 Å². The first-order chi connectivity index (χ1) is 10.6. The van der Waals surface area contributed by atoms with Gasteiger partial charge in [-0.15, -0.1) is 11.3 Å². The molecule has 0 radical (unpaired) electrons. The second kappa shape index (κ2) is 5.32. The zero-order valence-corrected chi connectivity index (χ0v) is 13.9. The Bertz CT molecular complexity index is 764. The summed E-state index contributed by atoms with van der Waals surface area (Å²) in [7, 11) is 0. The summed E-state index contributed by atoms with van der Waals surface area (Å²) in [5.41, 5.74) is 3.43. The molecule has 0 spiro atoms. The van der Waals surface area contributed by atoms with Crippen molar-refractivity contribution in [2.24, 2.45) is 0 Å². The quantitative estimate of drug-likeness (QED) is 0.926. The molecular formula is C17H21N3OS. The maximum Gasteiger partial charge on any atom is 0.254 e. The van der Waals surface area contributed by atoms with E-state index < -0.39 is 0 Å². The fourth-order valence-corrected chi connectivity index (χ4v) is 4.71. The molecule has 1 fully saturated rings. The molecule has 2 aliphatic heterocycles. The molecule has 0 aliphatic carbocycles. The summed E-state index contributed by atoms with van der Waals surface area (Å²) in [5.74, 6) is 0.738. The maximum atomic E-state index is 12.3. The van der Waals surface area contributed by atoms with E-state index in [9.17, 15) is 4.79 Å². The number of hydrogen-bond donors (Lipinski definition) is 1. The number of nitrogens with zero attached hydrogens (tertiary/aromatic N) is 2. The van der Waals surface area contributed by atoms with E-state index in [4.69, 9.17) is 0 Å². The highest BCUT2D eigenvalue weighted by atomic mass is 32.1. The van der Waals surface area contributed by atoms with Gasteiger partial charge in [0.2, 0.25) is 0 Å². The number of H-pyrrole nitrogens is 1. The Morgan fingerprint density at radius 3 is 2.82 bits per heavy atom. The lowest BCUT2D eigenvalue weighted by molar-refractivity contribution is 0.188. The summed E-state index contributed by atoms with van der Waals surface area (Å²) in [6.45, 7) is 5.04. The van der Waals surface area contributed by atoms with E-state index in [1.807, 2.05) is 18.3 Å². The van der Waals surface area contributed by atoms with Gasteiger partial charge in [-0.25, -0.2) is 4.98 Å². The molecule has 116 valence electrons. The highest BCUT2D eigenvalue weighted by molar-refractivity contribution is 7.10. The number of nitrogens with one attached hydrogen (secondary N) is 1. The molecule has 2 aromatic rings. The summed E-state index contributed by atoms with van der Waals surface area (Å²) in [6.07, 6.45) is 4.18. The van der Waals surface area contributed by atoms with Crippen molar-refractivity contribution in [3.8, 4) is 0 Å². The number of aryl methyl sites for hydroxylation is 2. The zero-order valence-electron chi connectivity index (χ0n) is 13.1. The van der Waals surface area contributed by atoms with Crippen molar-refractivity contribution in [2.45, 2.75) is 58.2 Å². The summed E-state index contributed by atoms with van der Waals surface area (Å²) in [5, 5.41) is 2.27. The predicted molar refractivity (Wildman–Crippen MR) is 88.4 cm³/mol. The average molecular weight is 315 g/mol. The lowest BCUT2D eigenvalue weighted by Crippen LogP contribution is -2.36. The van der Waals surface area contributed by atoms with Crippen LogP contribution in [0.15, 0.2) is 16.2 Å². The van der Waals surface area contributed by atoms with Crippen molar-refractivity contribution in [1.29, 1.82) is 0 Å². The third-order valence-electron chi connectivity index (χ3n) is 5.01. The Balaban J connectivity index is 1.66. The van der Waals surface area contributed by atoms with Gasteiger partial charge < -0.3 is 4.98 Å². The molecule has 0 amide bonds. The van der Waals surface area contributed by atoms with Crippen molar-refractivity contribution >= 4 is 11.3 Å². The number of hydrogen-bond acceptors (Lipinski definition) is 4. The molecule has 2 atom stereocenters. The van der Waals surface area contributed by atoms with Gasteiger partial charge in [0.25, 0.3) is 5.56 Å². The van der Waals surface area contributed by atoms with Crippen molar-refractivity contribution in [3.05, 3.63) is 49.3 Å². The van der Waals surface area contributed by atoms with Gasteiger partial charge in [0.1, 0.15) is 5.82 Å². The Hall–Kier alpha value is -1.46. The van der Waals surface area contributed by atoms with Crippen molar-refractivity contribution in [1.82, 2.24) is 14.9 Å². The molecule has 2 aliphatic rings. The van der Waals surface area contributed by atoms with Crippen LogP contribution >= 0.6 is 11.3 Å². The van der Waals surface area contributed by atoms with Gasteiger partial charge in [-0.2, -0.15) is 0 Å². The van der Waals surface area contributed by atoms with E-state index in [0.717, 1.165) is 36.5 Å². The standard InChI is InChI=1S/C17H21N3OS/c1-10-5-12(9-22-10)8-20-13-3-4-14(20)7-16-15(6-13)17(21)19-11(2)18-16/h5,9,13-14H,3-4,6-8H2,1-2H3,(H,18,19,21)/t13-,14-/m1/s1. The smallest absolute Gasteiger partial charge is 0.254 e. The minimum absolute atomic E-state index is 0.0707. The molecule has 1 N–H and O–H groups in total. The first kappa shape index (κ1) is 14.2. The molecule has 4 nitrogen and oxygen atoms in total. The zero-order chi connectivity index (χ0) is 15.3. The number of thiophene rings is 1. The van der Waals surface area contributed by atoms with Crippen LogP contribution in [0.2, 0.25) is 0 Å². The predicted octanol–water partition coefficient (Wildman–Crippen LogP) is 2.58. The van der Waals surface area contributed by atoms with Gasteiger partial charge in [0, 0.05) is 35.5 Å². The normalized spacial score (nSPS) is 24.3. The second-order valence-corrected chi connectivity index (χ2v) is 7.72. The van der Waals surface area contributed by atoms with Gasteiger partial charge in [-0.05, 0) is 50.1 Å².